The molecule has 1 aliphatic heterocycles. The van der Waals surface area contributed by atoms with E-state index < -0.39 is 144 Å². The summed E-state index contributed by atoms with van der Waals surface area (Å²) in [7, 11) is 0. The molecule has 7 rings (SSSR count). The molecule has 2 aromatic heterocycles. The van der Waals surface area contributed by atoms with Crippen molar-refractivity contribution in [2.24, 2.45) is 22.9 Å². The van der Waals surface area contributed by atoms with Crippen LogP contribution in [0.15, 0.2) is 140 Å². The van der Waals surface area contributed by atoms with Crippen LogP contribution in [0.25, 0.3) is 10.9 Å². The van der Waals surface area contributed by atoms with E-state index in [1.54, 1.807) is 85.1 Å². The number of carbonyl (C=O) groups is 12. The van der Waals surface area contributed by atoms with Crippen molar-refractivity contribution < 1.29 is 67.7 Å². The normalized spacial score (nSPS) is 18.3. The van der Waals surface area contributed by atoms with Crippen molar-refractivity contribution in [3.05, 3.63) is 168 Å². The third-order valence-corrected chi connectivity index (χ3v) is 19.0. The molecule has 0 radical (unpaired) electrons. The van der Waals surface area contributed by atoms with E-state index in [4.69, 9.17) is 33.8 Å². The number of rotatable bonds is 37. The quantitative estimate of drug-likeness (QED) is 0.00970. The number of carboxylic acids is 1. The van der Waals surface area contributed by atoms with Crippen LogP contribution in [-0.4, -0.2) is 201 Å². The van der Waals surface area contributed by atoms with E-state index in [1.165, 1.54) is 43.7 Å². The van der Waals surface area contributed by atoms with Crippen LogP contribution in [0.4, 0.5) is 0 Å². The minimum atomic E-state index is -1.53. The summed E-state index contributed by atoms with van der Waals surface area (Å²) in [5, 5.41) is 70.8. The lowest BCUT2D eigenvalue weighted by Gasteiger charge is -2.28. The number of unbranched alkanes of at least 4 members (excludes halogenated alkanes) is 1. The molecule has 115 heavy (non-hydrogen) atoms. The first-order valence-electron chi connectivity index (χ1n) is 38.4. The van der Waals surface area contributed by atoms with Gasteiger partial charge in [-0.15, -0.1) is 0 Å². The molecule has 0 unspecified atom stereocenters. The van der Waals surface area contributed by atoms with Crippen molar-refractivity contribution in [3.8, 4) is 5.75 Å². The van der Waals surface area contributed by atoms with Crippen LogP contribution in [0, 0.1) is 10.8 Å². The molecule has 618 valence electrons. The number of aromatic hydroxyl groups is 1. The highest BCUT2D eigenvalue weighted by atomic mass is 16.4. The molecule has 4 aromatic carbocycles. The van der Waals surface area contributed by atoms with Crippen LogP contribution in [0.5, 0.6) is 5.75 Å². The van der Waals surface area contributed by atoms with Gasteiger partial charge in [-0.05, 0) is 144 Å². The fourth-order valence-corrected chi connectivity index (χ4v) is 12.8. The summed E-state index contributed by atoms with van der Waals surface area (Å²) in [4.78, 5) is 183. The molecular weight excluding hydrogens is 1480 g/mol. The lowest BCUT2D eigenvalue weighted by atomic mass is 10.0. The van der Waals surface area contributed by atoms with E-state index in [9.17, 15) is 48.6 Å². The Balaban J connectivity index is 1.15. The fraction of sp³-hybridized carbons (Fsp3) is 0.430. The molecule has 27 N–H and O–H groups in total. The fourth-order valence-electron chi connectivity index (χ4n) is 12.8. The average Bonchev–Trinajstić information content (AvgIpc) is 1.75. The number of aliphatic carboxylic acids is 1. The van der Waals surface area contributed by atoms with Gasteiger partial charge < -0.3 is 112 Å². The highest BCUT2D eigenvalue weighted by Crippen LogP contribution is 2.21. The van der Waals surface area contributed by atoms with Gasteiger partial charge in [0.15, 0.2) is 11.9 Å². The maximum atomic E-state index is 15.2. The summed E-state index contributed by atoms with van der Waals surface area (Å²) < 4.78 is 0. The van der Waals surface area contributed by atoms with E-state index in [2.05, 4.69) is 84.1 Å². The molecule has 0 bridgehead atoms. The SMILES string of the molecule is C[C@H](NC(=O)[C@H](CCCCN)NC(=O)[C@H](CCCNC(=N)N)NC(=O)[C@H](CCCNC(=N)N)NC(=O)[C@@H](N)Cc1ccccc1)C(=O)N[C@@H](Cc1ccccc1)C(=O)N[C@H]1CCC/C=C\CCC[C@@H](C(=O)NCC(=O)O)NC(=O)[C@H](Cc2ccc(O)cc2)NC(=O)[C@H](Cc2c[nH]c3ccccc23)NC(=O)[C@H](Cc2c[nH]cn2)NC1=O. The molecule has 1 aliphatic rings. The molecule has 0 saturated heterocycles. The Bertz CT molecular complexity index is 4260. The van der Waals surface area contributed by atoms with Gasteiger partial charge in [0.05, 0.1) is 18.1 Å². The number of nitrogens with one attached hydrogen (secondary N) is 17. The van der Waals surface area contributed by atoms with Crippen LogP contribution >= 0.6 is 0 Å². The topological polar surface area (TPSA) is 598 Å². The molecule has 3 heterocycles. The highest BCUT2D eigenvalue weighted by molar-refractivity contribution is 6.00. The van der Waals surface area contributed by atoms with Crippen molar-refractivity contribution in [2.45, 2.75) is 189 Å². The maximum Gasteiger partial charge on any atom is 0.322 e. The number of carbonyl (C=O) groups excluding carboxylic acids is 11. The number of amides is 11. The number of hydrogen-bond donors (Lipinski definition) is 23. The Kier molecular flexibility index (Phi) is 36.5. The van der Waals surface area contributed by atoms with Crippen molar-refractivity contribution in [1.29, 1.82) is 10.8 Å². The second kappa shape index (κ2) is 46.9. The number of carboxylic acid groups (broad SMARTS) is 1. The summed E-state index contributed by atoms with van der Waals surface area (Å²) in [5.74, 6) is -11.3. The number of phenolic OH excluding ortho intramolecular Hbond substituents is 1. The van der Waals surface area contributed by atoms with Crippen molar-refractivity contribution in [2.75, 3.05) is 26.2 Å². The number of aromatic amines is 2. The van der Waals surface area contributed by atoms with Crippen molar-refractivity contribution >= 4 is 93.8 Å². The monoisotopic (exact) mass is 1590 g/mol. The molecule has 11 amide bonds. The van der Waals surface area contributed by atoms with Gasteiger partial charge in [0.2, 0.25) is 65.0 Å². The van der Waals surface area contributed by atoms with E-state index in [0.29, 0.717) is 59.0 Å². The Labute approximate surface area is 665 Å². The van der Waals surface area contributed by atoms with E-state index in [0.717, 1.165) is 5.56 Å². The number of imidazole rings is 1. The lowest BCUT2D eigenvalue weighted by Crippen LogP contribution is -2.61. The van der Waals surface area contributed by atoms with Crippen LogP contribution in [-0.2, 0) is 89.6 Å². The van der Waals surface area contributed by atoms with Gasteiger partial charge in [-0.25, -0.2) is 4.98 Å². The average molecular weight is 1590 g/mol. The number of benzene rings is 4. The smallest absolute Gasteiger partial charge is 0.322 e. The van der Waals surface area contributed by atoms with E-state index in [1.807, 2.05) is 18.2 Å². The Morgan fingerprint density at radius 1 is 0.548 bits per heavy atom. The number of hydrogen-bond acceptors (Lipinski definition) is 18. The number of nitrogens with two attached hydrogens (primary N) is 4. The summed E-state index contributed by atoms with van der Waals surface area (Å²) >= 11 is 0. The first kappa shape index (κ1) is 89.5. The van der Waals surface area contributed by atoms with Gasteiger partial charge in [-0.1, -0.05) is 103 Å². The number of phenols is 1. The molecule has 36 heteroatoms. The zero-order valence-electron chi connectivity index (χ0n) is 64.2. The Hall–Kier alpha value is -12.7. The number of aromatic nitrogens is 3. The molecule has 36 nitrogen and oxygen atoms in total. The zero-order chi connectivity index (χ0) is 83.2. The molecule has 11 atom stereocenters. The summed E-state index contributed by atoms with van der Waals surface area (Å²) in [6.07, 6.45) is 9.53. The third-order valence-electron chi connectivity index (χ3n) is 19.0. The maximum absolute atomic E-state index is 15.2. The number of para-hydroxylation sites is 1. The van der Waals surface area contributed by atoms with Crippen LogP contribution < -0.4 is 92.1 Å². The third kappa shape index (κ3) is 31.1. The minimum Gasteiger partial charge on any atom is -0.508 e. The number of guanidine groups is 2. The molecule has 0 fully saturated rings. The largest absolute Gasteiger partial charge is 0.508 e. The second-order valence-corrected chi connectivity index (χ2v) is 28.2. The predicted octanol–water partition coefficient (Wildman–Crippen LogP) is -0.928. The lowest BCUT2D eigenvalue weighted by molar-refractivity contribution is -0.138. The van der Waals surface area contributed by atoms with Crippen LogP contribution in [0.2, 0.25) is 0 Å². The molecule has 0 spiro atoms. The van der Waals surface area contributed by atoms with Gasteiger partial charge in [-0.2, -0.15) is 0 Å². The first-order chi connectivity index (χ1) is 55.2. The zero-order valence-corrected chi connectivity index (χ0v) is 64.2. The molecule has 0 saturated carbocycles. The van der Waals surface area contributed by atoms with Gasteiger partial charge >= 0.3 is 5.97 Å². The van der Waals surface area contributed by atoms with Crippen molar-refractivity contribution in [3.63, 3.8) is 0 Å². The van der Waals surface area contributed by atoms with Gasteiger partial charge in [0.25, 0.3) is 0 Å². The number of fused-ring (bicyclic) bond motifs is 1. The molecule has 6 aromatic rings. The number of H-pyrrole nitrogens is 2. The first-order valence-corrected chi connectivity index (χ1v) is 38.4. The standard InChI is InChI=1S/C79H108N22O14/c1-47(92-70(108)58(28-16-17-35-80)95-72(110)61(30-19-37-88-79(84)85)96-71(109)60(29-18-36-87-78(82)83)93-68(106)55(81)38-48-20-8-6-9-21-48)67(105)98-62(39-49-22-10-7-11-23-49)74(112)97-59-27-13-5-3-2-4-12-26-57(69(107)90-45-66(103)104)94-75(113)63(40-50-31-33-53(102)34-32-50)99-76(114)64(41-51-43-89-56-25-15-14-24-54(51)56)100-77(115)65(101-73(59)111)42-52-44-86-46-91-52/h2-3,6-11,14-15,20-25,31-34,43-44,46-47,55,57-65,89,102H,4-5,12-13,16-19,26-30,35-42,45,80-81H2,1H3,(H,86,91)(H,90,107)(H,92,108)(H,93,106)(H,94,113)(H,95,110)(H,96,109)(H,97,112)(H,98,105)(H,99,114)(H,100,115)(H,101,111)(H,103,104)(H4,82,83,87)(H4,84,85,88)/b3-2-/t47-,55-,57-,58-,59-,60-,61-,62-,63-,64-,65-/m0/s1. The van der Waals surface area contributed by atoms with Crippen molar-refractivity contribution in [1.82, 2.24) is 84.1 Å². The number of allylic oxidation sites excluding steroid dienone is 2. The van der Waals surface area contributed by atoms with E-state index in [-0.39, 0.29) is 127 Å². The van der Waals surface area contributed by atoms with Crippen LogP contribution in [0.1, 0.15) is 118 Å². The second-order valence-electron chi connectivity index (χ2n) is 28.2. The Morgan fingerprint density at radius 3 is 1.65 bits per heavy atom. The van der Waals surface area contributed by atoms with Crippen LogP contribution in [0.3, 0.4) is 0 Å². The molecule has 0 aliphatic carbocycles. The van der Waals surface area contributed by atoms with E-state index >= 15 is 19.2 Å². The minimum absolute atomic E-state index is 0.00102. The summed E-state index contributed by atoms with van der Waals surface area (Å²) in [5.41, 5.74) is 26.6. The molecular formula is C79H108N22O14. The van der Waals surface area contributed by atoms with Gasteiger partial charge in [0.1, 0.15) is 72.7 Å². The summed E-state index contributed by atoms with van der Waals surface area (Å²) in [6.45, 7) is 1.04. The van der Waals surface area contributed by atoms with Gasteiger partial charge in [0, 0.05) is 62.1 Å². The van der Waals surface area contributed by atoms with Gasteiger partial charge in [-0.3, -0.25) is 68.4 Å². The number of nitrogens with zero attached hydrogens (tertiary/aromatic N) is 1. The Morgan fingerprint density at radius 2 is 1.07 bits per heavy atom. The summed E-state index contributed by atoms with van der Waals surface area (Å²) in [6, 6.07) is 15.3. The highest BCUT2D eigenvalue weighted by Gasteiger charge is 2.37. The predicted molar refractivity (Wildman–Crippen MR) is 428 cm³/mol.